The topological polar surface area (TPSA) is 79.2 Å². The van der Waals surface area contributed by atoms with E-state index in [1.807, 2.05) is 6.08 Å². The second-order valence-corrected chi connectivity index (χ2v) is 6.10. The molecule has 5 heteroatoms. The van der Waals surface area contributed by atoms with Crippen LogP contribution in [0.2, 0.25) is 0 Å². The molecule has 5 nitrogen and oxygen atoms in total. The maximum Gasteiger partial charge on any atom is 0.186 e. The van der Waals surface area contributed by atoms with Crippen LogP contribution in [0.25, 0.3) is 0 Å². The Bertz CT molecular complexity index is 297. The van der Waals surface area contributed by atoms with Crippen LogP contribution in [0.15, 0.2) is 12.7 Å². The van der Waals surface area contributed by atoms with Crippen molar-refractivity contribution in [2.24, 2.45) is 0 Å². The normalized spacial score (nSPS) is 32.1. The Morgan fingerprint density at radius 3 is 2.14 bits per heavy atom. The van der Waals surface area contributed by atoms with Gasteiger partial charge in [0.2, 0.25) is 0 Å². The number of aliphatic hydroxyl groups is 3. The van der Waals surface area contributed by atoms with Crippen molar-refractivity contribution >= 4 is 0 Å². The SMILES string of the molecule is C=CCCCCCCCCCO[C@@H]1O[C@@H](C)[C@H](O)[C@@H](O)[C@H]1O. The molecule has 3 N–H and O–H groups in total. The summed E-state index contributed by atoms with van der Waals surface area (Å²) in [4.78, 5) is 0. The highest BCUT2D eigenvalue weighted by molar-refractivity contribution is 4.87. The molecule has 1 aliphatic heterocycles. The highest BCUT2D eigenvalue weighted by Crippen LogP contribution is 2.22. The molecule has 0 aromatic carbocycles. The molecule has 0 unspecified atom stereocenters. The van der Waals surface area contributed by atoms with E-state index in [4.69, 9.17) is 9.47 Å². The summed E-state index contributed by atoms with van der Waals surface area (Å²) in [6.07, 6.45) is 6.37. The van der Waals surface area contributed by atoms with E-state index in [2.05, 4.69) is 6.58 Å². The molecule has 5 atom stereocenters. The molecule has 0 aromatic heterocycles. The molecular weight excluding hydrogens is 284 g/mol. The number of allylic oxidation sites excluding steroid dienone is 1. The first kappa shape index (κ1) is 19.6. The second kappa shape index (κ2) is 11.1. The maximum atomic E-state index is 9.80. The molecule has 0 saturated carbocycles. The van der Waals surface area contributed by atoms with Gasteiger partial charge in [-0.15, -0.1) is 6.58 Å². The standard InChI is InChI=1S/C17H32O5/c1-3-4-5-6-7-8-9-10-11-12-21-17-16(20)15(19)14(18)13(2)22-17/h3,13-20H,1,4-12H2,2H3/t13-,14-,15+,16+,17+/m0/s1. The fraction of sp³-hybridized carbons (Fsp3) is 0.882. The highest BCUT2D eigenvalue weighted by atomic mass is 16.7. The third kappa shape index (κ3) is 6.75. The van der Waals surface area contributed by atoms with Gasteiger partial charge in [0.1, 0.15) is 18.3 Å². The van der Waals surface area contributed by atoms with Crippen molar-refractivity contribution in [3.8, 4) is 0 Å². The molecule has 130 valence electrons. The van der Waals surface area contributed by atoms with Crippen LogP contribution in [-0.4, -0.2) is 52.6 Å². The van der Waals surface area contributed by atoms with Crippen LogP contribution in [0.1, 0.15) is 58.3 Å². The molecule has 0 amide bonds. The maximum absolute atomic E-state index is 9.80. The lowest BCUT2D eigenvalue weighted by atomic mass is 10.00. The van der Waals surface area contributed by atoms with Crippen molar-refractivity contribution < 1.29 is 24.8 Å². The first-order chi connectivity index (χ1) is 10.6. The molecule has 0 aliphatic carbocycles. The van der Waals surface area contributed by atoms with Gasteiger partial charge in [-0.2, -0.15) is 0 Å². The van der Waals surface area contributed by atoms with Crippen LogP contribution >= 0.6 is 0 Å². The van der Waals surface area contributed by atoms with E-state index in [-0.39, 0.29) is 0 Å². The van der Waals surface area contributed by atoms with Gasteiger partial charge in [-0.1, -0.05) is 38.2 Å². The van der Waals surface area contributed by atoms with E-state index in [0.29, 0.717) is 6.61 Å². The molecule has 22 heavy (non-hydrogen) atoms. The molecule has 0 radical (unpaired) electrons. The van der Waals surface area contributed by atoms with E-state index in [1.165, 1.54) is 32.1 Å². The smallest absolute Gasteiger partial charge is 0.186 e. The summed E-state index contributed by atoms with van der Waals surface area (Å²) in [7, 11) is 0. The Morgan fingerprint density at radius 2 is 1.50 bits per heavy atom. The summed E-state index contributed by atoms with van der Waals surface area (Å²) in [6.45, 7) is 5.86. The molecule has 1 heterocycles. The molecule has 1 rings (SSSR count). The van der Waals surface area contributed by atoms with Crippen molar-refractivity contribution in [2.75, 3.05) is 6.61 Å². The average Bonchev–Trinajstić information content (AvgIpc) is 2.51. The van der Waals surface area contributed by atoms with E-state index in [9.17, 15) is 15.3 Å². The highest BCUT2D eigenvalue weighted by Gasteiger charge is 2.42. The number of ether oxygens (including phenoxy) is 2. The van der Waals surface area contributed by atoms with E-state index < -0.39 is 30.7 Å². The molecule has 0 aromatic rings. The monoisotopic (exact) mass is 316 g/mol. The van der Waals surface area contributed by atoms with Crippen LogP contribution in [0.4, 0.5) is 0 Å². The summed E-state index contributed by atoms with van der Waals surface area (Å²) in [5, 5.41) is 29.1. The summed E-state index contributed by atoms with van der Waals surface area (Å²) in [6, 6.07) is 0. The zero-order valence-corrected chi connectivity index (χ0v) is 13.7. The average molecular weight is 316 g/mol. The quantitative estimate of drug-likeness (QED) is 0.402. The fourth-order valence-corrected chi connectivity index (χ4v) is 2.63. The minimum absolute atomic E-state index is 0.494. The Hall–Kier alpha value is -0.460. The summed E-state index contributed by atoms with van der Waals surface area (Å²) >= 11 is 0. The predicted octanol–water partition coefficient (Wildman–Crippen LogP) is 2.14. The Morgan fingerprint density at radius 1 is 0.909 bits per heavy atom. The second-order valence-electron chi connectivity index (χ2n) is 6.10. The summed E-state index contributed by atoms with van der Waals surface area (Å²) in [5.74, 6) is 0. The summed E-state index contributed by atoms with van der Waals surface area (Å²) in [5.41, 5.74) is 0. The van der Waals surface area contributed by atoms with Gasteiger partial charge in [0, 0.05) is 6.61 Å². The van der Waals surface area contributed by atoms with Gasteiger partial charge in [-0.25, -0.2) is 0 Å². The lowest BCUT2D eigenvalue weighted by Crippen LogP contribution is -2.57. The minimum Gasteiger partial charge on any atom is -0.388 e. The Balaban J connectivity index is 2.01. The minimum atomic E-state index is -1.22. The van der Waals surface area contributed by atoms with Gasteiger partial charge in [0.15, 0.2) is 6.29 Å². The largest absolute Gasteiger partial charge is 0.388 e. The zero-order chi connectivity index (χ0) is 16.4. The van der Waals surface area contributed by atoms with Crippen LogP contribution in [0.5, 0.6) is 0 Å². The first-order valence-electron chi connectivity index (χ1n) is 8.50. The van der Waals surface area contributed by atoms with Gasteiger partial charge in [-0.3, -0.25) is 0 Å². The molecular formula is C17H32O5. The van der Waals surface area contributed by atoms with Gasteiger partial charge < -0.3 is 24.8 Å². The summed E-state index contributed by atoms with van der Waals surface area (Å²) < 4.78 is 10.9. The Kier molecular flexibility index (Phi) is 9.91. The van der Waals surface area contributed by atoms with E-state index >= 15 is 0 Å². The van der Waals surface area contributed by atoms with Gasteiger partial charge in [0.05, 0.1) is 6.10 Å². The van der Waals surface area contributed by atoms with Crippen molar-refractivity contribution in [3.63, 3.8) is 0 Å². The van der Waals surface area contributed by atoms with Crippen LogP contribution in [0, 0.1) is 0 Å². The van der Waals surface area contributed by atoms with Crippen LogP contribution in [-0.2, 0) is 9.47 Å². The van der Waals surface area contributed by atoms with Gasteiger partial charge in [0.25, 0.3) is 0 Å². The van der Waals surface area contributed by atoms with Gasteiger partial charge >= 0.3 is 0 Å². The number of hydrogen-bond acceptors (Lipinski definition) is 5. The molecule has 0 bridgehead atoms. The van der Waals surface area contributed by atoms with E-state index in [0.717, 1.165) is 19.3 Å². The lowest BCUT2D eigenvalue weighted by molar-refractivity contribution is -0.293. The lowest BCUT2D eigenvalue weighted by Gasteiger charge is -2.38. The third-order valence-electron chi connectivity index (χ3n) is 4.14. The number of hydrogen-bond donors (Lipinski definition) is 3. The Labute approximate surface area is 133 Å². The van der Waals surface area contributed by atoms with E-state index in [1.54, 1.807) is 6.92 Å². The number of rotatable bonds is 11. The van der Waals surface area contributed by atoms with Crippen molar-refractivity contribution in [1.82, 2.24) is 0 Å². The molecule has 1 fully saturated rings. The molecule has 1 aliphatic rings. The number of aliphatic hydroxyl groups excluding tert-OH is 3. The zero-order valence-electron chi connectivity index (χ0n) is 13.7. The molecule has 0 spiro atoms. The predicted molar refractivity (Wildman–Crippen MR) is 85.4 cm³/mol. The number of unbranched alkanes of at least 4 members (excludes halogenated alkanes) is 7. The van der Waals surface area contributed by atoms with Crippen LogP contribution < -0.4 is 0 Å². The third-order valence-corrected chi connectivity index (χ3v) is 4.14. The fourth-order valence-electron chi connectivity index (χ4n) is 2.63. The van der Waals surface area contributed by atoms with Crippen LogP contribution in [0.3, 0.4) is 0 Å². The first-order valence-corrected chi connectivity index (χ1v) is 8.50. The van der Waals surface area contributed by atoms with Gasteiger partial charge in [-0.05, 0) is 26.2 Å². The molecule has 1 saturated heterocycles. The van der Waals surface area contributed by atoms with Crippen molar-refractivity contribution in [2.45, 2.75) is 89.0 Å². The van der Waals surface area contributed by atoms with Crippen molar-refractivity contribution in [1.29, 1.82) is 0 Å². The van der Waals surface area contributed by atoms with Crippen molar-refractivity contribution in [3.05, 3.63) is 12.7 Å².